The van der Waals surface area contributed by atoms with Crippen LogP contribution in [0.1, 0.15) is 23.0 Å². The molecule has 0 spiro atoms. The molecule has 0 saturated heterocycles. The molecular formula is C13H9F3N2O3. The van der Waals surface area contributed by atoms with E-state index in [1.54, 1.807) is 6.92 Å². The molecule has 110 valence electrons. The van der Waals surface area contributed by atoms with Crippen molar-refractivity contribution in [1.29, 1.82) is 0 Å². The fourth-order valence-corrected chi connectivity index (χ4v) is 1.75. The van der Waals surface area contributed by atoms with Gasteiger partial charge in [0.25, 0.3) is 0 Å². The van der Waals surface area contributed by atoms with Crippen LogP contribution in [0, 0.1) is 17.5 Å². The zero-order chi connectivity index (χ0) is 15.7. The second-order valence-electron chi connectivity index (χ2n) is 4.13. The van der Waals surface area contributed by atoms with Crippen molar-refractivity contribution in [2.45, 2.75) is 13.3 Å². The summed E-state index contributed by atoms with van der Waals surface area (Å²) in [6, 6.07) is 1.58. The topological polar surface area (TPSA) is 72.2 Å². The Morgan fingerprint density at radius 3 is 2.52 bits per heavy atom. The van der Waals surface area contributed by atoms with Gasteiger partial charge in [-0.05, 0) is 18.6 Å². The van der Waals surface area contributed by atoms with Gasteiger partial charge in [0.15, 0.2) is 17.5 Å². The van der Waals surface area contributed by atoms with Gasteiger partial charge < -0.3 is 5.11 Å². The zero-order valence-electron chi connectivity index (χ0n) is 10.7. The zero-order valence-corrected chi connectivity index (χ0v) is 10.7. The summed E-state index contributed by atoms with van der Waals surface area (Å²) in [5, 5.41) is 12.4. The van der Waals surface area contributed by atoms with Gasteiger partial charge in [0.1, 0.15) is 5.69 Å². The van der Waals surface area contributed by atoms with Gasteiger partial charge in [-0.1, -0.05) is 6.92 Å². The number of aromatic nitrogens is 2. The molecular weight excluding hydrogens is 289 g/mol. The number of aryl methyl sites for hydroxylation is 1. The average molecular weight is 298 g/mol. The molecule has 0 saturated carbocycles. The predicted octanol–water partition coefficient (Wildman–Crippen LogP) is 1.91. The van der Waals surface area contributed by atoms with Gasteiger partial charge in [-0.2, -0.15) is 5.10 Å². The van der Waals surface area contributed by atoms with E-state index in [0.717, 1.165) is 12.3 Å². The number of hydrogen-bond donors (Lipinski definition) is 1. The third kappa shape index (κ3) is 2.51. The number of carboxylic acid groups (broad SMARTS) is 1. The SMILES string of the molecule is CCc1cn(-c2ccc(F)c(F)c2F)nc(C(=O)O)c1=O. The Morgan fingerprint density at radius 2 is 1.95 bits per heavy atom. The van der Waals surface area contributed by atoms with E-state index < -0.39 is 40.2 Å². The molecule has 5 nitrogen and oxygen atoms in total. The highest BCUT2D eigenvalue weighted by atomic mass is 19.2. The van der Waals surface area contributed by atoms with E-state index in [0.29, 0.717) is 10.7 Å². The molecule has 0 amide bonds. The lowest BCUT2D eigenvalue weighted by atomic mass is 10.2. The van der Waals surface area contributed by atoms with E-state index >= 15 is 0 Å². The molecule has 1 N–H and O–H groups in total. The summed E-state index contributed by atoms with van der Waals surface area (Å²) < 4.78 is 40.6. The van der Waals surface area contributed by atoms with Gasteiger partial charge >= 0.3 is 5.97 Å². The van der Waals surface area contributed by atoms with Gasteiger partial charge in [0, 0.05) is 11.8 Å². The van der Waals surface area contributed by atoms with Crippen LogP contribution < -0.4 is 5.43 Å². The smallest absolute Gasteiger partial charge is 0.360 e. The average Bonchev–Trinajstić information content (AvgIpc) is 2.45. The van der Waals surface area contributed by atoms with E-state index in [-0.39, 0.29) is 12.0 Å². The number of aromatic carboxylic acids is 1. The molecule has 21 heavy (non-hydrogen) atoms. The Morgan fingerprint density at radius 1 is 1.29 bits per heavy atom. The minimum absolute atomic E-state index is 0.0616. The standard InChI is InChI=1S/C13H9F3N2O3/c1-2-6-5-18(17-11(12(6)19)13(20)21)8-4-3-7(14)9(15)10(8)16/h3-5H,2H2,1H3,(H,20,21). The van der Waals surface area contributed by atoms with Gasteiger partial charge in [-0.3, -0.25) is 4.79 Å². The van der Waals surface area contributed by atoms with Crippen molar-refractivity contribution in [2.75, 3.05) is 0 Å². The molecule has 8 heteroatoms. The molecule has 2 aromatic rings. The molecule has 2 rings (SSSR count). The third-order valence-electron chi connectivity index (χ3n) is 2.84. The molecule has 0 aliphatic heterocycles. The summed E-state index contributed by atoms with van der Waals surface area (Å²) in [7, 11) is 0. The summed E-state index contributed by atoms with van der Waals surface area (Å²) in [6.07, 6.45) is 1.26. The van der Waals surface area contributed by atoms with Crippen molar-refractivity contribution in [3.8, 4) is 5.69 Å². The van der Waals surface area contributed by atoms with Crippen molar-refractivity contribution in [2.24, 2.45) is 0 Å². The van der Waals surface area contributed by atoms with E-state index in [1.807, 2.05) is 0 Å². The molecule has 0 atom stereocenters. The maximum Gasteiger partial charge on any atom is 0.360 e. The third-order valence-corrected chi connectivity index (χ3v) is 2.84. The first kappa shape index (κ1) is 14.8. The number of carbonyl (C=O) groups is 1. The second-order valence-corrected chi connectivity index (χ2v) is 4.13. The van der Waals surface area contributed by atoms with Crippen molar-refractivity contribution >= 4 is 5.97 Å². The van der Waals surface area contributed by atoms with Crippen LogP contribution in [0.4, 0.5) is 13.2 Å². The van der Waals surface area contributed by atoms with Crippen LogP contribution in [0.3, 0.4) is 0 Å². The summed E-state index contributed by atoms with van der Waals surface area (Å²) in [5.74, 6) is -6.20. The first-order valence-electron chi connectivity index (χ1n) is 5.86. The number of nitrogens with zero attached hydrogens (tertiary/aromatic N) is 2. The van der Waals surface area contributed by atoms with E-state index in [2.05, 4.69) is 5.10 Å². The highest BCUT2D eigenvalue weighted by Gasteiger charge is 2.19. The molecule has 0 radical (unpaired) electrons. The first-order valence-corrected chi connectivity index (χ1v) is 5.86. The molecule has 0 bridgehead atoms. The maximum absolute atomic E-state index is 13.7. The quantitative estimate of drug-likeness (QED) is 0.879. The molecule has 0 fully saturated rings. The summed E-state index contributed by atoms with van der Waals surface area (Å²) in [5.41, 5.74) is -2.06. The van der Waals surface area contributed by atoms with Crippen molar-refractivity contribution < 1.29 is 23.1 Å². The number of halogens is 3. The summed E-state index contributed by atoms with van der Waals surface area (Å²) in [6.45, 7) is 1.59. The van der Waals surface area contributed by atoms with E-state index in [4.69, 9.17) is 5.11 Å². The Bertz CT molecular complexity index is 787. The molecule has 1 aromatic heterocycles. The minimum Gasteiger partial charge on any atom is -0.476 e. The lowest BCUT2D eigenvalue weighted by Gasteiger charge is -2.10. The van der Waals surface area contributed by atoms with Crippen LogP contribution >= 0.6 is 0 Å². The molecule has 0 aliphatic carbocycles. The number of benzene rings is 1. The highest BCUT2D eigenvalue weighted by Crippen LogP contribution is 2.18. The molecule has 1 aromatic carbocycles. The van der Waals surface area contributed by atoms with Crippen LogP contribution in [-0.2, 0) is 6.42 Å². The molecule has 1 heterocycles. The monoisotopic (exact) mass is 298 g/mol. The lowest BCUT2D eigenvalue weighted by Crippen LogP contribution is -2.25. The highest BCUT2D eigenvalue weighted by molar-refractivity contribution is 5.85. The fourth-order valence-electron chi connectivity index (χ4n) is 1.75. The van der Waals surface area contributed by atoms with E-state index in [9.17, 15) is 22.8 Å². The van der Waals surface area contributed by atoms with Crippen LogP contribution in [0.15, 0.2) is 23.1 Å². The Labute approximate surface area is 116 Å². The Balaban J connectivity index is 2.76. The van der Waals surface area contributed by atoms with Crippen molar-refractivity contribution in [3.63, 3.8) is 0 Å². The fraction of sp³-hybridized carbons (Fsp3) is 0.154. The van der Waals surface area contributed by atoms with Crippen molar-refractivity contribution in [1.82, 2.24) is 9.78 Å². The van der Waals surface area contributed by atoms with Crippen LogP contribution in [0.25, 0.3) is 5.69 Å². The number of carboxylic acids is 1. The first-order chi connectivity index (χ1) is 9.86. The second kappa shape index (κ2) is 5.39. The maximum atomic E-state index is 13.7. The van der Waals surface area contributed by atoms with Crippen LogP contribution in [0.2, 0.25) is 0 Å². The summed E-state index contributed by atoms with van der Waals surface area (Å²) >= 11 is 0. The minimum atomic E-state index is -1.71. The summed E-state index contributed by atoms with van der Waals surface area (Å²) in [4.78, 5) is 22.7. The van der Waals surface area contributed by atoms with Crippen LogP contribution in [0.5, 0.6) is 0 Å². The Hall–Kier alpha value is -2.64. The van der Waals surface area contributed by atoms with Gasteiger partial charge in [0.05, 0.1) is 0 Å². The Kier molecular flexibility index (Phi) is 3.79. The molecule has 0 aliphatic rings. The predicted molar refractivity (Wildman–Crippen MR) is 66.0 cm³/mol. The van der Waals surface area contributed by atoms with Crippen LogP contribution in [-0.4, -0.2) is 20.9 Å². The van der Waals surface area contributed by atoms with Gasteiger partial charge in [-0.15, -0.1) is 0 Å². The van der Waals surface area contributed by atoms with Gasteiger partial charge in [0.2, 0.25) is 11.1 Å². The normalized spacial score (nSPS) is 10.7. The largest absolute Gasteiger partial charge is 0.476 e. The molecule has 0 unspecified atom stereocenters. The van der Waals surface area contributed by atoms with E-state index in [1.165, 1.54) is 0 Å². The lowest BCUT2D eigenvalue weighted by molar-refractivity contribution is 0.0686. The van der Waals surface area contributed by atoms with Gasteiger partial charge in [-0.25, -0.2) is 22.6 Å². The van der Waals surface area contributed by atoms with Crippen molar-refractivity contribution in [3.05, 3.63) is 57.3 Å². The number of rotatable bonds is 3. The number of hydrogen-bond acceptors (Lipinski definition) is 3.